The molecule has 0 bridgehead atoms. The van der Waals surface area contributed by atoms with Crippen molar-refractivity contribution in [3.8, 4) is 0 Å². The van der Waals surface area contributed by atoms with Gasteiger partial charge in [-0.15, -0.1) is 0 Å². The van der Waals surface area contributed by atoms with Crippen LogP contribution in [0.4, 0.5) is 23.2 Å². The van der Waals surface area contributed by atoms with E-state index in [1.54, 1.807) is 0 Å². The number of hydrogen-bond donors (Lipinski definition) is 0. The topological polar surface area (TPSA) is 78.7 Å². The van der Waals surface area contributed by atoms with Gasteiger partial charge in [-0.25, -0.2) is 4.79 Å². The van der Waals surface area contributed by atoms with Gasteiger partial charge < -0.3 is 9.47 Å². The number of alkyl halides is 4. The minimum absolute atomic E-state index is 0.00998. The summed E-state index contributed by atoms with van der Waals surface area (Å²) in [4.78, 5) is 20.6. The van der Waals surface area contributed by atoms with E-state index in [2.05, 4.69) is 9.47 Å². The maximum Gasteiger partial charge on any atom is 0.460 e. The lowest BCUT2D eigenvalue weighted by atomic mass is 10.2. The lowest BCUT2D eigenvalue weighted by molar-refractivity contribution is -0.384. The molecule has 0 aliphatic carbocycles. The number of halogens is 4. The Labute approximate surface area is 115 Å². The Hall–Kier alpha value is -2.23. The van der Waals surface area contributed by atoms with E-state index in [0.29, 0.717) is 7.11 Å². The van der Waals surface area contributed by atoms with Gasteiger partial charge in [-0.2, -0.15) is 17.6 Å². The number of benzene rings is 1. The molecule has 0 radical (unpaired) electrons. The third-order valence-corrected chi connectivity index (χ3v) is 2.40. The Morgan fingerprint density at radius 2 is 1.76 bits per heavy atom. The van der Waals surface area contributed by atoms with E-state index in [9.17, 15) is 32.5 Å². The van der Waals surface area contributed by atoms with E-state index in [1.807, 2.05) is 0 Å². The number of nitro groups is 1. The number of rotatable bonds is 5. The van der Waals surface area contributed by atoms with Crippen molar-refractivity contribution in [2.24, 2.45) is 0 Å². The van der Waals surface area contributed by atoms with Crippen LogP contribution in [0.3, 0.4) is 0 Å². The van der Waals surface area contributed by atoms with Crippen LogP contribution in [0, 0.1) is 10.1 Å². The van der Waals surface area contributed by atoms with Gasteiger partial charge in [-0.3, -0.25) is 10.1 Å². The van der Waals surface area contributed by atoms with Gasteiger partial charge in [-0.05, 0) is 17.7 Å². The van der Waals surface area contributed by atoms with Gasteiger partial charge in [0.2, 0.25) is 0 Å². The van der Waals surface area contributed by atoms with Crippen LogP contribution in [-0.4, -0.2) is 30.0 Å². The van der Waals surface area contributed by atoms with Crippen molar-refractivity contribution < 1.29 is 36.8 Å². The van der Waals surface area contributed by atoms with Crippen LogP contribution >= 0.6 is 0 Å². The van der Waals surface area contributed by atoms with Gasteiger partial charge in [0.1, 0.15) is 0 Å². The Balaban J connectivity index is 2.87. The average Bonchev–Trinajstić information content (AvgIpc) is 2.42. The van der Waals surface area contributed by atoms with Crippen molar-refractivity contribution in [1.29, 1.82) is 0 Å². The van der Waals surface area contributed by atoms with Crippen LogP contribution in [0.25, 0.3) is 0 Å². The molecular formula is C11H9F4NO5. The van der Waals surface area contributed by atoms with Crippen LogP contribution < -0.4 is 0 Å². The summed E-state index contributed by atoms with van der Waals surface area (Å²) in [5, 5.41) is 10.4. The molecule has 1 aromatic carbocycles. The quantitative estimate of drug-likeness (QED) is 0.361. The zero-order chi connectivity index (χ0) is 16.3. The first-order valence-electron chi connectivity index (χ1n) is 5.33. The molecule has 6 nitrogen and oxygen atoms in total. The summed E-state index contributed by atoms with van der Waals surface area (Å²) in [5.74, 6) is -6.85. The fourth-order valence-electron chi connectivity index (χ4n) is 1.28. The van der Waals surface area contributed by atoms with Crippen molar-refractivity contribution in [1.82, 2.24) is 0 Å². The molecule has 21 heavy (non-hydrogen) atoms. The van der Waals surface area contributed by atoms with Gasteiger partial charge in [0.25, 0.3) is 5.69 Å². The van der Waals surface area contributed by atoms with Crippen molar-refractivity contribution in [2.75, 3.05) is 7.11 Å². The molecule has 0 N–H and O–H groups in total. The normalized spacial score (nSPS) is 14.3. The molecule has 0 aliphatic heterocycles. The highest BCUT2D eigenvalue weighted by Crippen LogP contribution is 2.37. The number of nitrogens with zero attached hydrogens (tertiary/aromatic N) is 1. The molecule has 0 amide bonds. The predicted octanol–water partition coefficient (Wildman–Crippen LogP) is 2.51. The third-order valence-electron chi connectivity index (χ3n) is 2.40. The van der Waals surface area contributed by atoms with Gasteiger partial charge >= 0.3 is 18.0 Å². The van der Waals surface area contributed by atoms with E-state index < -0.39 is 29.5 Å². The van der Waals surface area contributed by atoms with Crippen molar-refractivity contribution in [3.05, 3.63) is 39.9 Å². The highest BCUT2D eigenvalue weighted by Gasteiger charge is 2.65. The number of methoxy groups -OCH3 is 1. The number of carbonyl (C=O) groups is 1. The maximum absolute atomic E-state index is 13.7. The first kappa shape index (κ1) is 16.8. The van der Waals surface area contributed by atoms with Crippen molar-refractivity contribution in [3.63, 3.8) is 0 Å². The highest BCUT2D eigenvalue weighted by molar-refractivity contribution is 5.78. The summed E-state index contributed by atoms with van der Waals surface area (Å²) in [5.41, 5.74) is -0.287. The summed E-state index contributed by atoms with van der Waals surface area (Å²) < 4.78 is 59.0. The molecule has 1 aromatic rings. The molecule has 0 fully saturated rings. The molecule has 0 saturated heterocycles. The fraction of sp³-hybridized carbons (Fsp3) is 0.364. The van der Waals surface area contributed by atoms with Crippen LogP contribution in [-0.2, 0) is 20.9 Å². The molecule has 1 rings (SSSR count). The summed E-state index contributed by atoms with van der Waals surface area (Å²) in [7, 11) is 0.581. The van der Waals surface area contributed by atoms with E-state index in [0.717, 1.165) is 24.3 Å². The zero-order valence-corrected chi connectivity index (χ0v) is 10.5. The summed E-state index contributed by atoms with van der Waals surface area (Å²) in [6.45, 7) is -0.927. The van der Waals surface area contributed by atoms with E-state index in [-0.39, 0.29) is 11.3 Å². The second-order valence-electron chi connectivity index (χ2n) is 3.80. The molecule has 10 heteroatoms. The minimum atomic E-state index is -5.62. The van der Waals surface area contributed by atoms with Crippen LogP contribution in [0.1, 0.15) is 5.56 Å². The molecular weight excluding hydrogens is 302 g/mol. The van der Waals surface area contributed by atoms with Gasteiger partial charge in [0, 0.05) is 12.1 Å². The standard InChI is InChI=1S/C11H9F4NO5/c1-20-9(17)10(12,11(13,14)15)21-6-7-2-4-8(5-3-7)16(18)19/h2-5H,6H2,1H3. The minimum Gasteiger partial charge on any atom is -0.465 e. The number of hydrogen-bond acceptors (Lipinski definition) is 5. The molecule has 0 aliphatic rings. The zero-order valence-electron chi connectivity index (χ0n) is 10.5. The Bertz CT molecular complexity index is 530. The Morgan fingerprint density at radius 3 is 2.14 bits per heavy atom. The van der Waals surface area contributed by atoms with Gasteiger partial charge in [-0.1, -0.05) is 0 Å². The fourth-order valence-corrected chi connectivity index (χ4v) is 1.28. The lowest BCUT2D eigenvalue weighted by Crippen LogP contribution is -2.51. The molecule has 0 saturated carbocycles. The Kier molecular flexibility index (Phi) is 4.84. The monoisotopic (exact) mass is 311 g/mol. The lowest BCUT2D eigenvalue weighted by Gasteiger charge is -2.24. The van der Waals surface area contributed by atoms with E-state index >= 15 is 0 Å². The largest absolute Gasteiger partial charge is 0.465 e. The van der Waals surface area contributed by atoms with Gasteiger partial charge in [0.05, 0.1) is 18.6 Å². The van der Waals surface area contributed by atoms with Crippen LogP contribution in [0.5, 0.6) is 0 Å². The third kappa shape index (κ3) is 3.66. The second kappa shape index (κ2) is 6.04. The highest BCUT2D eigenvalue weighted by atomic mass is 19.4. The second-order valence-corrected chi connectivity index (χ2v) is 3.80. The van der Waals surface area contributed by atoms with Crippen LogP contribution in [0.2, 0.25) is 0 Å². The van der Waals surface area contributed by atoms with E-state index in [1.165, 1.54) is 0 Å². The molecule has 1 unspecified atom stereocenters. The summed E-state index contributed by atoms with van der Waals surface area (Å²) in [6, 6.07) is 4.16. The number of ether oxygens (including phenoxy) is 2. The Morgan fingerprint density at radius 1 is 1.24 bits per heavy atom. The molecule has 0 spiro atoms. The number of non-ortho nitro benzene ring substituents is 1. The van der Waals surface area contributed by atoms with E-state index in [4.69, 9.17) is 0 Å². The van der Waals surface area contributed by atoms with Crippen LogP contribution in [0.15, 0.2) is 24.3 Å². The predicted molar refractivity (Wildman–Crippen MR) is 59.8 cm³/mol. The first-order valence-corrected chi connectivity index (χ1v) is 5.33. The first-order chi connectivity index (χ1) is 9.61. The smallest absolute Gasteiger partial charge is 0.460 e. The number of carbonyl (C=O) groups excluding carboxylic acids is 1. The molecule has 1 atom stereocenters. The maximum atomic E-state index is 13.7. The number of esters is 1. The number of nitro benzene ring substituents is 1. The SMILES string of the molecule is COC(=O)C(F)(OCc1ccc([N+](=O)[O-])cc1)C(F)(F)F. The van der Waals surface area contributed by atoms with Crippen molar-refractivity contribution >= 4 is 11.7 Å². The summed E-state index contributed by atoms with van der Waals surface area (Å²) in [6.07, 6.45) is -5.62. The van der Waals surface area contributed by atoms with Crippen molar-refractivity contribution in [2.45, 2.75) is 18.6 Å². The average molecular weight is 311 g/mol. The molecule has 0 heterocycles. The summed E-state index contributed by atoms with van der Waals surface area (Å²) >= 11 is 0. The molecule has 116 valence electrons. The molecule has 0 aromatic heterocycles. The van der Waals surface area contributed by atoms with Gasteiger partial charge in [0.15, 0.2) is 0 Å².